The minimum absolute atomic E-state index is 0.130. The average Bonchev–Trinajstić information content (AvgIpc) is 2.78. The van der Waals surface area contributed by atoms with Gasteiger partial charge in [-0.05, 0) is 44.4 Å². The summed E-state index contributed by atoms with van der Waals surface area (Å²) in [7, 11) is 1.25. The number of nitrogens with one attached hydrogen (secondary N) is 4. The average molecular weight is 514 g/mol. The Kier molecular flexibility index (Phi) is 14.3. The zero-order valence-electron chi connectivity index (χ0n) is 23.3. The van der Waals surface area contributed by atoms with Crippen LogP contribution in [0.15, 0.2) is 0 Å². The molecule has 0 radical (unpaired) electrons. The number of nitrogens with two attached hydrogens (primary N) is 1. The van der Waals surface area contributed by atoms with Crippen molar-refractivity contribution in [1.82, 2.24) is 21.3 Å². The number of hydrogen-bond donors (Lipinski definition) is 5. The van der Waals surface area contributed by atoms with E-state index in [0.29, 0.717) is 19.3 Å². The van der Waals surface area contributed by atoms with E-state index in [9.17, 15) is 24.0 Å². The third kappa shape index (κ3) is 11.8. The Morgan fingerprint density at radius 1 is 0.889 bits per heavy atom. The molecule has 0 heterocycles. The Hall–Kier alpha value is -2.69. The number of methoxy groups -OCH3 is 1. The summed E-state index contributed by atoms with van der Waals surface area (Å²) < 4.78 is 4.79. The molecular weight excluding hydrogens is 466 g/mol. The van der Waals surface area contributed by atoms with E-state index in [-0.39, 0.29) is 17.8 Å². The predicted molar refractivity (Wildman–Crippen MR) is 137 cm³/mol. The summed E-state index contributed by atoms with van der Waals surface area (Å²) in [6.07, 6.45) is 1.45. The van der Waals surface area contributed by atoms with Gasteiger partial charge in [0, 0.05) is 0 Å². The maximum atomic E-state index is 13.0. The van der Waals surface area contributed by atoms with Gasteiger partial charge in [0.1, 0.15) is 17.6 Å². The molecule has 0 aromatic carbocycles. The number of carbonyl (C=O) groups is 5. The second kappa shape index (κ2) is 15.4. The van der Waals surface area contributed by atoms with Crippen molar-refractivity contribution in [2.45, 2.75) is 98.3 Å². The number of amides is 4. The lowest BCUT2D eigenvalue weighted by Crippen LogP contribution is -2.60. The van der Waals surface area contributed by atoms with E-state index >= 15 is 0 Å². The normalized spacial score (nSPS) is 14.9. The smallest absolute Gasteiger partial charge is 0.328 e. The highest BCUT2D eigenvalue weighted by Crippen LogP contribution is 2.11. The molecule has 6 N–H and O–H groups in total. The van der Waals surface area contributed by atoms with Crippen LogP contribution in [0.5, 0.6) is 0 Å². The molecule has 0 aromatic rings. The number of hydrogen-bond acceptors (Lipinski definition) is 7. The van der Waals surface area contributed by atoms with E-state index in [4.69, 9.17) is 10.5 Å². The molecule has 0 saturated carbocycles. The van der Waals surface area contributed by atoms with Gasteiger partial charge in [0.25, 0.3) is 0 Å². The number of carbonyl (C=O) groups excluding carboxylic acids is 5. The van der Waals surface area contributed by atoms with Gasteiger partial charge < -0.3 is 31.7 Å². The van der Waals surface area contributed by atoms with Crippen molar-refractivity contribution in [3.05, 3.63) is 0 Å². The molecule has 11 nitrogen and oxygen atoms in total. The first-order valence-electron chi connectivity index (χ1n) is 12.6. The summed E-state index contributed by atoms with van der Waals surface area (Å²) in [4.78, 5) is 62.6. The molecule has 0 unspecified atom stereocenters. The largest absolute Gasteiger partial charge is 0.467 e. The lowest BCUT2D eigenvalue weighted by Gasteiger charge is -2.28. The molecule has 0 aliphatic carbocycles. The van der Waals surface area contributed by atoms with Crippen molar-refractivity contribution in [1.29, 1.82) is 0 Å². The molecule has 4 atom stereocenters. The Balaban J connectivity index is 5.16. The van der Waals surface area contributed by atoms with Gasteiger partial charge in [0.15, 0.2) is 0 Å². The molecule has 0 aliphatic rings. The Morgan fingerprint density at radius 2 is 1.44 bits per heavy atom. The monoisotopic (exact) mass is 513 g/mol. The highest BCUT2D eigenvalue weighted by atomic mass is 16.5. The summed E-state index contributed by atoms with van der Waals surface area (Å²) in [5.74, 6) is -2.57. The topological polar surface area (TPSA) is 169 Å². The second-order valence-corrected chi connectivity index (χ2v) is 10.7. The van der Waals surface area contributed by atoms with Gasteiger partial charge in [-0.3, -0.25) is 19.2 Å². The van der Waals surface area contributed by atoms with E-state index in [1.54, 1.807) is 6.92 Å². The molecule has 0 aromatic heterocycles. The van der Waals surface area contributed by atoms with Crippen LogP contribution in [-0.4, -0.2) is 66.9 Å². The van der Waals surface area contributed by atoms with Crippen LogP contribution < -0.4 is 27.0 Å². The third-order valence-corrected chi connectivity index (χ3v) is 5.80. The van der Waals surface area contributed by atoms with Gasteiger partial charge in [0.05, 0.1) is 19.7 Å². The van der Waals surface area contributed by atoms with Crippen LogP contribution in [-0.2, 0) is 28.7 Å². The Morgan fingerprint density at radius 3 is 1.92 bits per heavy atom. The summed E-state index contributed by atoms with van der Waals surface area (Å²) in [6, 6.07) is -2.50. The molecule has 0 spiro atoms. The summed E-state index contributed by atoms with van der Waals surface area (Å²) >= 11 is 0. The van der Waals surface area contributed by atoms with E-state index in [2.05, 4.69) is 21.3 Å². The molecule has 0 fully saturated rings. The Labute approximate surface area is 215 Å². The van der Waals surface area contributed by atoms with Crippen molar-refractivity contribution < 1.29 is 28.7 Å². The summed E-state index contributed by atoms with van der Waals surface area (Å²) in [5.41, 5.74) is 4.58. The van der Waals surface area contributed by atoms with E-state index in [0.717, 1.165) is 0 Å². The minimum Gasteiger partial charge on any atom is -0.467 e. The quantitative estimate of drug-likeness (QED) is 0.200. The summed E-state index contributed by atoms with van der Waals surface area (Å²) in [6.45, 7) is 14.0. The molecule has 0 aliphatic heterocycles. The zero-order chi connectivity index (χ0) is 28.2. The van der Waals surface area contributed by atoms with Gasteiger partial charge >= 0.3 is 5.97 Å². The lowest BCUT2D eigenvalue weighted by molar-refractivity contribution is -0.146. The van der Waals surface area contributed by atoms with E-state index < -0.39 is 59.8 Å². The minimum atomic E-state index is -1.30. The molecule has 0 rings (SSSR count). The van der Waals surface area contributed by atoms with Crippen LogP contribution in [0.4, 0.5) is 0 Å². The molecule has 4 amide bonds. The van der Waals surface area contributed by atoms with Crippen LogP contribution in [0.2, 0.25) is 0 Å². The van der Waals surface area contributed by atoms with Crippen molar-refractivity contribution >= 4 is 29.6 Å². The van der Waals surface area contributed by atoms with Crippen LogP contribution in [0.1, 0.15) is 74.7 Å². The second-order valence-electron chi connectivity index (χ2n) is 10.7. The maximum absolute atomic E-state index is 13.0. The van der Waals surface area contributed by atoms with Crippen LogP contribution >= 0.6 is 0 Å². The SMILES string of the molecule is CC[C@H](C)[C@H](NC(=O)CNC(=O)C(C)(C)NC(=O)[C@@H](N)CC(C)C)C(=O)N[C@@H](CC(C)C)C(=O)OC. The highest BCUT2D eigenvalue weighted by molar-refractivity contribution is 5.95. The van der Waals surface area contributed by atoms with Gasteiger partial charge in [-0.1, -0.05) is 48.0 Å². The fourth-order valence-electron chi connectivity index (χ4n) is 3.47. The molecule has 11 heteroatoms. The lowest BCUT2D eigenvalue weighted by atomic mass is 9.97. The first kappa shape index (κ1) is 33.3. The van der Waals surface area contributed by atoms with Crippen LogP contribution in [0, 0.1) is 17.8 Å². The molecule has 0 saturated heterocycles. The van der Waals surface area contributed by atoms with Crippen LogP contribution in [0.3, 0.4) is 0 Å². The van der Waals surface area contributed by atoms with Gasteiger partial charge in [-0.15, -0.1) is 0 Å². The first-order chi connectivity index (χ1) is 16.5. The van der Waals surface area contributed by atoms with Crippen molar-refractivity contribution in [2.24, 2.45) is 23.5 Å². The number of ether oxygens (including phenoxy) is 1. The van der Waals surface area contributed by atoms with Gasteiger partial charge in [-0.2, -0.15) is 0 Å². The number of rotatable bonds is 15. The molecule has 36 heavy (non-hydrogen) atoms. The van der Waals surface area contributed by atoms with Crippen molar-refractivity contribution in [2.75, 3.05) is 13.7 Å². The Bertz CT molecular complexity index is 768. The highest BCUT2D eigenvalue weighted by Gasteiger charge is 2.33. The van der Waals surface area contributed by atoms with Gasteiger partial charge in [0.2, 0.25) is 23.6 Å². The van der Waals surface area contributed by atoms with E-state index in [1.807, 2.05) is 34.6 Å². The molecule has 0 bridgehead atoms. The number of esters is 1. The van der Waals surface area contributed by atoms with E-state index in [1.165, 1.54) is 21.0 Å². The van der Waals surface area contributed by atoms with Crippen molar-refractivity contribution in [3.8, 4) is 0 Å². The first-order valence-corrected chi connectivity index (χ1v) is 12.6. The predicted octanol–water partition coefficient (Wildman–Crippen LogP) is 0.606. The molecule has 208 valence electrons. The molecular formula is C25H47N5O6. The summed E-state index contributed by atoms with van der Waals surface area (Å²) in [5, 5.41) is 10.4. The fourth-order valence-corrected chi connectivity index (χ4v) is 3.47. The van der Waals surface area contributed by atoms with Gasteiger partial charge in [-0.25, -0.2) is 4.79 Å². The fraction of sp³-hybridized carbons (Fsp3) is 0.800. The van der Waals surface area contributed by atoms with Crippen molar-refractivity contribution in [3.63, 3.8) is 0 Å². The van der Waals surface area contributed by atoms with Crippen LogP contribution in [0.25, 0.3) is 0 Å². The zero-order valence-corrected chi connectivity index (χ0v) is 23.3. The maximum Gasteiger partial charge on any atom is 0.328 e. The third-order valence-electron chi connectivity index (χ3n) is 5.80. The standard InChI is InChI=1S/C25H47N5O6/c1-10-16(6)20(22(33)28-18(12-15(4)5)23(34)36-9)29-19(31)13-27-24(35)25(7,8)30-21(32)17(26)11-14(2)3/h14-18,20H,10-13,26H2,1-9H3,(H,27,35)(H,28,33)(H,29,31)(H,30,32)/t16-,17-,18-,20-/m0/s1.